The van der Waals surface area contributed by atoms with Gasteiger partial charge in [-0.3, -0.25) is 4.79 Å². The lowest BCUT2D eigenvalue weighted by Crippen LogP contribution is -2.02. The normalized spacial score (nSPS) is 9.93. The first-order valence-electron chi connectivity index (χ1n) is 4.07. The van der Waals surface area contributed by atoms with Crippen molar-refractivity contribution in [1.29, 1.82) is 0 Å². The fourth-order valence-electron chi connectivity index (χ4n) is 0.955. The average molecular weight is 306 g/mol. The number of halogens is 1. The maximum Gasteiger partial charge on any atom is 0.188 e. The first-order chi connectivity index (χ1) is 6.65. The maximum absolute atomic E-state index is 11.1. The Morgan fingerprint density at radius 1 is 1.50 bits per heavy atom. The average Bonchev–Trinajstić information content (AvgIpc) is 2.16. The second-order valence-electron chi connectivity index (χ2n) is 2.75. The summed E-state index contributed by atoms with van der Waals surface area (Å²) in [5.41, 5.74) is 0.650. The summed E-state index contributed by atoms with van der Waals surface area (Å²) >= 11 is 2.15. The Labute approximate surface area is 96.5 Å². The van der Waals surface area contributed by atoms with Crippen molar-refractivity contribution in [3.8, 4) is 5.75 Å². The zero-order valence-electron chi connectivity index (χ0n) is 8.04. The van der Waals surface area contributed by atoms with Gasteiger partial charge in [-0.15, -0.1) is 0 Å². The molecule has 0 aliphatic carbocycles. The lowest BCUT2D eigenvalue weighted by molar-refractivity contribution is 0.0504. The fourth-order valence-corrected chi connectivity index (χ4v) is 1.45. The molecule has 1 rings (SSSR count). The lowest BCUT2D eigenvalue weighted by Gasteiger charge is -2.07. The third-order valence-electron chi connectivity index (χ3n) is 1.67. The van der Waals surface area contributed by atoms with E-state index in [9.17, 15) is 4.79 Å². The zero-order chi connectivity index (χ0) is 10.6. The Morgan fingerprint density at radius 2 is 2.21 bits per heavy atom. The van der Waals surface area contributed by atoms with E-state index >= 15 is 0 Å². The van der Waals surface area contributed by atoms with E-state index in [1.54, 1.807) is 19.2 Å². The number of hydrogen-bond donors (Lipinski definition) is 0. The number of methoxy groups -OCH3 is 1. The number of Topliss-reactive ketones (excluding diaryl/α,β-unsaturated/α-hetero) is 1. The summed E-state index contributed by atoms with van der Waals surface area (Å²) in [6, 6.07) is 5.36. The molecule has 0 radical (unpaired) electrons. The number of rotatable bonds is 4. The van der Waals surface area contributed by atoms with E-state index in [1.807, 2.05) is 6.07 Å². The summed E-state index contributed by atoms with van der Waals surface area (Å²) < 4.78 is 11.0. The Kier molecular flexibility index (Phi) is 4.34. The predicted octanol–water partition coefficient (Wildman–Crippen LogP) is 2.48. The SMILES string of the molecule is COCOc1cc(C(C)=O)ccc1I. The highest BCUT2D eigenvalue weighted by Crippen LogP contribution is 2.22. The molecule has 4 heteroatoms. The number of carbonyl (C=O) groups excluding carboxylic acids is 1. The summed E-state index contributed by atoms with van der Waals surface area (Å²) in [7, 11) is 1.56. The minimum atomic E-state index is 0.0312. The van der Waals surface area contributed by atoms with Crippen molar-refractivity contribution in [2.75, 3.05) is 13.9 Å². The molecule has 1 aromatic carbocycles. The van der Waals surface area contributed by atoms with E-state index in [0.717, 1.165) is 3.57 Å². The van der Waals surface area contributed by atoms with Gasteiger partial charge in [0.05, 0.1) is 3.57 Å². The van der Waals surface area contributed by atoms with E-state index in [0.29, 0.717) is 11.3 Å². The van der Waals surface area contributed by atoms with Crippen LogP contribution in [0.5, 0.6) is 5.75 Å². The molecule has 0 saturated heterocycles. The van der Waals surface area contributed by atoms with Gasteiger partial charge >= 0.3 is 0 Å². The van der Waals surface area contributed by atoms with Gasteiger partial charge in [0.25, 0.3) is 0 Å². The van der Waals surface area contributed by atoms with Crippen LogP contribution in [-0.2, 0) is 4.74 Å². The molecule has 0 saturated carbocycles. The van der Waals surface area contributed by atoms with Crippen LogP contribution in [0.2, 0.25) is 0 Å². The molecule has 0 heterocycles. The van der Waals surface area contributed by atoms with Gasteiger partial charge in [-0.2, -0.15) is 0 Å². The van der Waals surface area contributed by atoms with Crippen molar-refractivity contribution in [3.05, 3.63) is 27.3 Å². The summed E-state index contributed by atoms with van der Waals surface area (Å²) in [5, 5.41) is 0. The highest BCUT2D eigenvalue weighted by atomic mass is 127. The van der Waals surface area contributed by atoms with Crippen molar-refractivity contribution in [2.45, 2.75) is 6.92 Å². The molecule has 1 aromatic rings. The van der Waals surface area contributed by atoms with Crippen LogP contribution in [0.25, 0.3) is 0 Å². The molecule has 0 N–H and O–H groups in total. The molecule has 0 bridgehead atoms. The molecule has 0 atom stereocenters. The van der Waals surface area contributed by atoms with Crippen molar-refractivity contribution in [2.24, 2.45) is 0 Å². The molecule has 3 nitrogen and oxygen atoms in total. The monoisotopic (exact) mass is 306 g/mol. The molecule has 0 unspecified atom stereocenters. The van der Waals surface area contributed by atoms with Gasteiger partial charge in [0, 0.05) is 12.7 Å². The van der Waals surface area contributed by atoms with Crippen LogP contribution in [0.3, 0.4) is 0 Å². The first kappa shape index (κ1) is 11.5. The number of ether oxygens (including phenoxy) is 2. The van der Waals surface area contributed by atoms with E-state index in [-0.39, 0.29) is 12.6 Å². The second kappa shape index (κ2) is 5.31. The number of hydrogen-bond acceptors (Lipinski definition) is 3. The van der Waals surface area contributed by atoms with Crippen LogP contribution >= 0.6 is 22.6 Å². The lowest BCUT2D eigenvalue weighted by atomic mass is 10.1. The molecule has 0 spiro atoms. The fraction of sp³-hybridized carbons (Fsp3) is 0.300. The highest BCUT2D eigenvalue weighted by Gasteiger charge is 2.05. The third kappa shape index (κ3) is 2.95. The summed E-state index contributed by atoms with van der Waals surface area (Å²) in [6.45, 7) is 1.72. The van der Waals surface area contributed by atoms with Gasteiger partial charge in [0.15, 0.2) is 12.6 Å². The Hall–Kier alpha value is -0.620. The van der Waals surface area contributed by atoms with E-state index in [1.165, 1.54) is 6.92 Å². The van der Waals surface area contributed by atoms with E-state index in [2.05, 4.69) is 22.6 Å². The molecule has 76 valence electrons. The van der Waals surface area contributed by atoms with Crippen molar-refractivity contribution in [1.82, 2.24) is 0 Å². The molecule has 14 heavy (non-hydrogen) atoms. The van der Waals surface area contributed by atoms with Gasteiger partial charge in [0.2, 0.25) is 0 Å². The topological polar surface area (TPSA) is 35.5 Å². The Morgan fingerprint density at radius 3 is 2.79 bits per heavy atom. The smallest absolute Gasteiger partial charge is 0.188 e. The van der Waals surface area contributed by atoms with E-state index in [4.69, 9.17) is 9.47 Å². The summed E-state index contributed by atoms with van der Waals surface area (Å²) in [6.07, 6.45) is 0. The van der Waals surface area contributed by atoms with Crippen molar-refractivity contribution < 1.29 is 14.3 Å². The molecule has 0 fully saturated rings. The molecule has 0 aliphatic heterocycles. The van der Waals surface area contributed by atoms with Crippen molar-refractivity contribution in [3.63, 3.8) is 0 Å². The standard InChI is InChI=1S/C10H11IO3/c1-7(12)8-3-4-9(11)10(5-8)14-6-13-2/h3-5H,6H2,1-2H3. The molecule has 0 amide bonds. The number of carbonyl (C=O) groups is 1. The van der Waals surface area contributed by atoms with Crippen LogP contribution in [-0.4, -0.2) is 19.7 Å². The van der Waals surface area contributed by atoms with Crippen LogP contribution in [0.15, 0.2) is 18.2 Å². The first-order valence-corrected chi connectivity index (χ1v) is 5.15. The molecular weight excluding hydrogens is 295 g/mol. The van der Waals surface area contributed by atoms with Gasteiger partial charge < -0.3 is 9.47 Å². The molecule has 0 aromatic heterocycles. The van der Waals surface area contributed by atoms with Crippen molar-refractivity contribution >= 4 is 28.4 Å². The van der Waals surface area contributed by atoms with Gasteiger partial charge in [0.1, 0.15) is 5.75 Å². The van der Waals surface area contributed by atoms with E-state index < -0.39 is 0 Å². The van der Waals surface area contributed by atoms with Gasteiger partial charge in [-0.1, -0.05) is 6.07 Å². The second-order valence-corrected chi connectivity index (χ2v) is 3.91. The summed E-state index contributed by atoms with van der Waals surface area (Å²) in [4.78, 5) is 11.1. The highest BCUT2D eigenvalue weighted by molar-refractivity contribution is 14.1. The van der Waals surface area contributed by atoms with Crippen LogP contribution in [0.4, 0.5) is 0 Å². The predicted molar refractivity (Wildman–Crippen MR) is 61.7 cm³/mol. The zero-order valence-corrected chi connectivity index (χ0v) is 10.2. The Balaban J connectivity index is 2.90. The number of ketones is 1. The Bertz CT molecular complexity index is 336. The summed E-state index contributed by atoms with van der Waals surface area (Å²) in [5.74, 6) is 0.712. The van der Waals surface area contributed by atoms with Gasteiger partial charge in [-0.25, -0.2) is 0 Å². The largest absolute Gasteiger partial charge is 0.466 e. The quantitative estimate of drug-likeness (QED) is 0.487. The molecular formula is C10H11IO3. The maximum atomic E-state index is 11.1. The molecule has 0 aliphatic rings. The van der Waals surface area contributed by atoms with Crippen LogP contribution in [0.1, 0.15) is 17.3 Å². The third-order valence-corrected chi connectivity index (χ3v) is 2.56. The van der Waals surface area contributed by atoms with Crippen LogP contribution < -0.4 is 4.74 Å². The minimum Gasteiger partial charge on any atom is -0.466 e. The number of benzene rings is 1. The van der Waals surface area contributed by atoms with Crippen LogP contribution in [0, 0.1) is 3.57 Å². The minimum absolute atomic E-state index is 0.0312. The van der Waals surface area contributed by atoms with Gasteiger partial charge in [-0.05, 0) is 41.6 Å².